The lowest BCUT2D eigenvalue weighted by Gasteiger charge is -2.22. The van der Waals surface area contributed by atoms with Crippen LogP contribution in [0.25, 0.3) is 0 Å². The Morgan fingerprint density at radius 2 is 2.22 bits per heavy atom. The fourth-order valence-electron chi connectivity index (χ4n) is 4.06. The molecule has 1 aliphatic carbocycles. The monoisotopic (exact) mass is 360 g/mol. The highest BCUT2D eigenvalue weighted by Gasteiger charge is 2.27. The molecule has 2 aromatic heterocycles. The van der Waals surface area contributed by atoms with E-state index in [1.165, 1.54) is 16.8 Å². The van der Waals surface area contributed by atoms with Gasteiger partial charge in [0, 0.05) is 35.5 Å². The van der Waals surface area contributed by atoms with Crippen LogP contribution in [0.5, 0.6) is 0 Å². The SMILES string of the molecule is Cn1ncc2c1CC[C@@H](C(=O)Nc1ccc3c(c1)C(c1ccoc1)=NC3)C2. The second-order valence-electron chi connectivity index (χ2n) is 7.22. The van der Waals surface area contributed by atoms with E-state index < -0.39 is 0 Å². The summed E-state index contributed by atoms with van der Waals surface area (Å²) in [7, 11) is 1.96. The Balaban J connectivity index is 1.34. The van der Waals surface area contributed by atoms with Crippen LogP contribution in [-0.2, 0) is 31.2 Å². The Labute approximate surface area is 156 Å². The maximum absolute atomic E-state index is 12.8. The molecule has 1 aromatic carbocycles. The van der Waals surface area contributed by atoms with Crippen molar-refractivity contribution in [2.24, 2.45) is 18.0 Å². The van der Waals surface area contributed by atoms with Gasteiger partial charge in [-0.05, 0) is 48.6 Å². The van der Waals surface area contributed by atoms with Crippen molar-refractivity contribution in [3.8, 4) is 0 Å². The predicted molar refractivity (Wildman–Crippen MR) is 102 cm³/mol. The van der Waals surface area contributed by atoms with Crippen LogP contribution in [0.1, 0.15) is 34.4 Å². The number of hydrogen-bond acceptors (Lipinski definition) is 4. The quantitative estimate of drug-likeness (QED) is 0.780. The van der Waals surface area contributed by atoms with E-state index in [2.05, 4.69) is 15.4 Å². The Kier molecular flexibility index (Phi) is 3.70. The molecule has 0 saturated carbocycles. The minimum absolute atomic E-state index is 0.0167. The molecular weight excluding hydrogens is 340 g/mol. The minimum Gasteiger partial charge on any atom is -0.472 e. The minimum atomic E-state index is -0.0167. The molecule has 1 amide bonds. The number of aryl methyl sites for hydroxylation is 1. The number of nitrogens with one attached hydrogen (secondary N) is 1. The van der Waals surface area contributed by atoms with Gasteiger partial charge in [-0.3, -0.25) is 14.5 Å². The molecule has 136 valence electrons. The molecular formula is C21H20N4O2. The van der Waals surface area contributed by atoms with Crippen molar-refractivity contribution in [3.63, 3.8) is 0 Å². The second-order valence-corrected chi connectivity index (χ2v) is 7.22. The van der Waals surface area contributed by atoms with Crippen LogP contribution in [0.4, 0.5) is 5.69 Å². The average Bonchev–Trinajstić information content (AvgIpc) is 3.41. The molecule has 27 heavy (non-hydrogen) atoms. The summed E-state index contributed by atoms with van der Waals surface area (Å²) in [6.07, 6.45) is 7.74. The summed E-state index contributed by atoms with van der Waals surface area (Å²) in [6.45, 7) is 0.663. The van der Waals surface area contributed by atoms with Gasteiger partial charge in [0.15, 0.2) is 0 Å². The van der Waals surface area contributed by atoms with Crippen LogP contribution in [0.15, 0.2) is 52.4 Å². The number of aromatic nitrogens is 2. The summed E-state index contributed by atoms with van der Waals surface area (Å²) in [5.74, 6) is 0.0567. The largest absolute Gasteiger partial charge is 0.472 e. The molecule has 3 aromatic rings. The van der Waals surface area contributed by atoms with Gasteiger partial charge in [-0.15, -0.1) is 0 Å². The number of amides is 1. The fraction of sp³-hybridized carbons (Fsp3) is 0.286. The van der Waals surface area contributed by atoms with E-state index in [-0.39, 0.29) is 11.8 Å². The number of carbonyl (C=O) groups excluding carboxylic acids is 1. The van der Waals surface area contributed by atoms with Crippen molar-refractivity contribution in [2.45, 2.75) is 25.8 Å². The fourth-order valence-corrected chi connectivity index (χ4v) is 4.06. The third-order valence-corrected chi connectivity index (χ3v) is 5.55. The first-order valence-electron chi connectivity index (χ1n) is 9.20. The lowest BCUT2D eigenvalue weighted by molar-refractivity contribution is -0.120. The molecule has 1 aliphatic heterocycles. The van der Waals surface area contributed by atoms with Crippen LogP contribution in [-0.4, -0.2) is 21.4 Å². The highest BCUT2D eigenvalue weighted by molar-refractivity contribution is 6.15. The Morgan fingerprint density at radius 1 is 1.30 bits per heavy atom. The zero-order valence-corrected chi connectivity index (χ0v) is 15.1. The molecule has 0 unspecified atom stereocenters. The Morgan fingerprint density at radius 3 is 3.07 bits per heavy atom. The van der Waals surface area contributed by atoms with E-state index in [0.29, 0.717) is 6.54 Å². The van der Waals surface area contributed by atoms with Gasteiger partial charge in [0.25, 0.3) is 0 Å². The third-order valence-electron chi connectivity index (χ3n) is 5.55. The summed E-state index contributed by atoms with van der Waals surface area (Å²) in [4.78, 5) is 17.4. The number of benzene rings is 1. The first kappa shape index (κ1) is 16.1. The van der Waals surface area contributed by atoms with Crippen LogP contribution < -0.4 is 5.32 Å². The Hall–Kier alpha value is -3.15. The van der Waals surface area contributed by atoms with E-state index in [0.717, 1.165) is 41.8 Å². The van der Waals surface area contributed by atoms with Crippen LogP contribution in [0, 0.1) is 5.92 Å². The smallest absolute Gasteiger partial charge is 0.227 e. The summed E-state index contributed by atoms with van der Waals surface area (Å²) < 4.78 is 7.11. The summed E-state index contributed by atoms with van der Waals surface area (Å²) >= 11 is 0. The summed E-state index contributed by atoms with van der Waals surface area (Å²) in [5, 5.41) is 7.41. The maximum atomic E-state index is 12.8. The number of hydrogen-bond donors (Lipinski definition) is 1. The van der Waals surface area contributed by atoms with E-state index in [9.17, 15) is 4.79 Å². The molecule has 0 fully saturated rings. The van der Waals surface area contributed by atoms with E-state index >= 15 is 0 Å². The molecule has 5 rings (SSSR count). The van der Waals surface area contributed by atoms with Gasteiger partial charge < -0.3 is 9.73 Å². The van der Waals surface area contributed by atoms with Gasteiger partial charge in [0.05, 0.1) is 31.0 Å². The number of nitrogens with zero attached hydrogens (tertiary/aromatic N) is 3. The van der Waals surface area contributed by atoms with Gasteiger partial charge in [0.2, 0.25) is 5.91 Å². The van der Waals surface area contributed by atoms with Crippen molar-refractivity contribution in [1.82, 2.24) is 9.78 Å². The van der Waals surface area contributed by atoms with E-state index in [4.69, 9.17) is 4.42 Å². The normalized spacial score (nSPS) is 18.0. The van der Waals surface area contributed by atoms with Gasteiger partial charge in [-0.1, -0.05) is 6.07 Å². The lowest BCUT2D eigenvalue weighted by Crippen LogP contribution is -2.28. The van der Waals surface area contributed by atoms with Crippen LogP contribution in [0.2, 0.25) is 0 Å². The number of fused-ring (bicyclic) bond motifs is 2. The molecule has 2 aliphatic rings. The molecule has 0 saturated heterocycles. The summed E-state index contributed by atoms with van der Waals surface area (Å²) in [6, 6.07) is 7.93. The second kappa shape index (κ2) is 6.23. The molecule has 0 radical (unpaired) electrons. The highest BCUT2D eigenvalue weighted by Crippen LogP contribution is 2.29. The molecule has 0 spiro atoms. The van der Waals surface area contributed by atoms with Gasteiger partial charge in [-0.25, -0.2) is 0 Å². The first-order valence-corrected chi connectivity index (χ1v) is 9.20. The molecule has 1 N–H and O–H groups in total. The van der Waals surface area contributed by atoms with Crippen LogP contribution in [0.3, 0.4) is 0 Å². The number of carbonyl (C=O) groups is 1. The number of furan rings is 1. The zero-order valence-electron chi connectivity index (χ0n) is 15.1. The first-order chi connectivity index (χ1) is 13.2. The van der Waals surface area contributed by atoms with Gasteiger partial charge in [0.1, 0.15) is 0 Å². The standard InChI is InChI=1S/C21H20N4O2/c1-25-19-5-3-13(8-16(19)11-23-25)21(26)24-17-4-2-14-10-22-20(18(14)9-17)15-6-7-27-12-15/h2,4,6-7,9,11-13H,3,5,8,10H2,1H3,(H,24,26)/t13-/m1/s1. The number of aliphatic imine (C=N–C) groups is 1. The molecule has 0 bridgehead atoms. The van der Waals surface area contributed by atoms with E-state index in [1.807, 2.05) is 42.2 Å². The average molecular weight is 360 g/mol. The highest BCUT2D eigenvalue weighted by atomic mass is 16.3. The topological polar surface area (TPSA) is 72.4 Å². The van der Waals surface area contributed by atoms with Crippen molar-refractivity contribution in [3.05, 3.63) is 70.9 Å². The number of rotatable bonds is 3. The molecule has 3 heterocycles. The van der Waals surface area contributed by atoms with Crippen molar-refractivity contribution >= 4 is 17.3 Å². The summed E-state index contributed by atoms with van der Waals surface area (Å²) in [5.41, 5.74) is 7.37. The van der Waals surface area contributed by atoms with E-state index in [1.54, 1.807) is 12.5 Å². The van der Waals surface area contributed by atoms with Crippen LogP contribution >= 0.6 is 0 Å². The predicted octanol–water partition coefficient (Wildman–Crippen LogP) is 3.11. The molecule has 6 nitrogen and oxygen atoms in total. The van der Waals surface area contributed by atoms with Crippen molar-refractivity contribution in [1.29, 1.82) is 0 Å². The lowest BCUT2D eigenvalue weighted by atomic mass is 9.87. The third kappa shape index (κ3) is 2.77. The van der Waals surface area contributed by atoms with Gasteiger partial charge >= 0.3 is 0 Å². The zero-order chi connectivity index (χ0) is 18.4. The number of anilines is 1. The Bertz CT molecular complexity index is 1050. The van der Waals surface area contributed by atoms with Gasteiger partial charge in [-0.2, -0.15) is 5.10 Å². The van der Waals surface area contributed by atoms with Crippen molar-refractivity contribution < 1.29 is 9.21 Å². The van der Waals surface area contributed by atoms with Crippen molar-refractivity contribution in [2.75, 3.05) is 5.32 Å². The molecule has 1 atom stereocenters. The molecule has 6 heteroatoms. The maximum Gasteiger partial charge on any atom is 0.227 e.